The second kappa shape index (κ2) is 6.75. The quantitative estimate of drug-likeness (QED) is 0.784. The molecular weight excluding hydrogens is 272 g/mol. The van der Waals surface area contributed by atoms with Gasteiger partial charge in [-0.25, -0.2) is 9.78 Å². The number of thiazole rings is 1. The fourth-order valence-electron chi connectivity index (χ4n) is 1.18. The van der Waals surface area contributed by atoms with E-state index in [0.717, 1.165) is 17.8 Å². The standard InChI is InChI=1S/C11H16N2O3S2/c1-4-6(2)12-8(14)5-17-11-13-7(3)9(18-11)10(15)16/h6H,4-5H2,1-3H3,(H,12,14)(H,15,16). The van der Waals surface area contributed by atoms with Gasteiger partial charge in [-0.3, -0.25) is 4.79 Å². The van der Waals surface area contributed by atoms with Crippen LogP contribution in [0.25, 0.3) is 0 Å². The minimum Gasteiger partial charge on any atom is -0.477 e. The van der Waals surface area contributed by atoms with Crippen molar-refractivity contribution >= 4 is 35.0 Å². The van der Waals surface area contributed by atoms with E-state index in [-0.39, 0.29) is 22.6 Å². The Bertz CT molecular complexity index is 445. The maximum absolute atomic E-state index is 11.5. The summed E-state index contributed by atoms with van der Waals surface area (Å²) in [7, 11) is 0. The Morgan fingerprint density at radius 2 is 2.22 bits per heavy atom. The summed E-state index contributed by atoms with van der Waals surface area (Å²) in [6, 6.07) is 0.158. The van der Waals surface area contributed by atoms with Crippen LogP contribution in [0.15, 0.2) is 4.34 Å². The van der Waals surface area contributed by atoms with Crippen LogP contribution in [0, 0.1) is 6.92 Å². The molecular formula is C11H16N2O3S2. The molecule has 1 unspecified atom stereocenters. The van der Waals surface area contributed by atoms with Crippen molar-refractivity contribution in [1.29, 1.82) is 0 Å². The molecule has 0 spiro atoms. The number of carboxylic acids is 1. The van der Waals surface area contributed by atoms with Crippen LogP contribution in [-0.4, -0.2) is 33.8 Å². The van der Waals surface area contributed by atoms with Crippen LogP contribution >= 0.6 is 23.1 Å². The van der Waals surface area contributed by atoms with Gasteiger partial charge < -0.3 is 10.4 Å². The number of amides is 1. The molecule has 1 atom stereocenters. The Morgan fingerprint density at radius 1 is 1.56 bits per heavy atom. The number of hydrogen-bond donors (Lipinski definition) is 2. The van der Waals surface area contributed by atoms with Crippen molar-refractivity contribution in [3.63, 3.8) is 0 Å². The lowest BCUT2D eigenvalue weighted by atomic mass is 10.3. The van der Waals surface area contributed by atoms with Gasteiger partial charge in [0, 0.05) is 6.04 Å². The molecule has 0 fully saturated rings. The minimum absolute atomic E-state index is 0.0564. The van der Waals surface area contributed by atoms with Crippen LogP contribution in [0.1, 0.15) is 35.6 Å². The summed E-state index contributed by atoms with van der Waals surface area (Å²) in [4.78, 5) is 26.7. The van der Waals surface area contributed by atoms with Crippen molar-refractivity contribution in [1.82, 2.24) is 10.3 Å². The number of nitrogens with one attached hydrogen (secondary N) is 1. The van der Waals surface area contributed by atoms with Crippen molar-refractivity contribution in [2.75, 3.05) is 5.75 Å². The van der Waals surface area contributed by atoms with Gasteiger partial charge in [-0.2, -0.15) is 0 Å². The van der Waals surface area contributed by atoms with E-state index in [2.05, 4.69) is 10.3 Å². The molecule has 100 valence electrons. The van der Waals surface area contributed by atoms with E-state index in [0.29, 0.717) is 10.0 Å². The summed E-state index contributed by atoms with van der Waals surface area (Å²) in [6.45, 7) is 5.60. The van der Waals surface area contributed by atoms with Crippen LogP contribution in [0.3, 0.4) is 0 Å². The Balaban J connectivity index is 2.51. The van der Waals surface area contributed by atoms with E-state index in [4.69, 9.17) is 5.11 Å². The first-order valence-electron chi connectivity index (χ1n) is 5.57. The van der Waals surface area contributed by atoms with Crippen LogP contribution in [-0.2, 0) is 4.79 Å². The van der Waals surface area contributed by atoms with Crippen molar-refractivity contribution in [2.24, 2.45) is 0 Å². The summed E-state index contributed by atoms with van der Waals surface area (Å²) in [5, 5.41) is 11.7. The van der Waals surface area contributed by atoms with Crippen LogP contribution in [0.4, 0.5) is 0 Å². The maximum atomic E-state index is 11.5. The monoisotopic (exact) mass is 288 g/mol. The Hall–Kier alpha value is -1.08. The van der Waals surface area contributed by atoms with E-state index in [1.165, 1.54) is 11.8 Å². The van der Waals surface area contributed by atoms with Crippen LogP contribution in [0.2, 0.25) is 0 Å². The lowest BCUT2D eigenvalue weighted by Crippen LogP contribution is -2.33. The number of carbonyl (C=O) groups excluding carboxylic acids is 1. The van der Waals surface area contributed by atoms with E-state index >= 15 is 0 Å². The lowest BCUT2D eigenvalue weighted by molar-refractivity contribution is -0.119. The van der Waals surface area contributed by atoms with Gasteiger partial charge in [0.25, 0.3) is 0 Å². The van der Waals surface area contributed by atoms with Crippen LogP contribution < -0.4 is 5.32 Å². The average Bonchev–Trinajstić information content (AvgIpc) is 2.68. The molecule has 1 amide bonds. The zero-order chi connectivity index (χ0) is 13.7. The molecule has 1 aromatic heterocycles. The molecule has 0 aliphatic heterocycles. The first kappa shape index (κ1) is 15.0. The SMILES string of the molecule is CCC(C)NC(=O)CSc1nc(C)c(C(=O)O)s1. The van der Waals surface area contributed by atoms with Crippen molar-refractivity contribution < 1.29 is 14.7 Å². The van der Waals surface area contributed by atoms with Crippen LogP contribution in [0.5, 0.6) is 0 Å². The van der Waals surface area contributed by atoms with Crippen molar-refractivity contribution in [3.05, 3.63) is 10.6 Å². The molecule has 0 aromatic carbocycles. The highest BCUT2D eigenvalue weighted by atomic mass is 32.2. The third-order valence-electron chi connectivity index (χ3n) is 2.32. The third-order valence-corrected chi connectivity index (χ3v) is 4.61. The summed E-state index contributed by atoms with van der Waals surface area (Å²) in [6.07, 6.45) is 0.885. The number of carboxylic acid groups (broad SMARTS) is 1. The van der Waals surface area contributed by atoms with Gasteiger partial charge in [-0.05, 0) is 20.3 Å². The fourth-order valence-corrected chi connectivity index (χ4v) is 3.02. The number of aryl methyl sites for hydroxylation is 1. The molecule has 0 aliphatic carbocycles. The molecule has 1 heterocycles. The van der Waals surface area contributed by atoms with Gasteiger partial charge in [0.15, 0.2) is 4.34 Å². The van der Waals surface area contributed by atoms with E-state index in [1.807, 2.05) is 13.8 Å². The highest BCUT2D eigenvalue weighted by Crippen LogP contribution is 2.26. The zero-order valence-corrected chi connectivity index (χ0v) is 12.2. The van der Waals surface area contributed by atoms with Gasteiger partial charge in [0.05, 0.1) is 11.4 Å². The first-order valence-corrected chi connectivity index (χ1v) is 7.37. The van der Waals surface area contributed by atoms with E-state index in [9.17, 15) is 9.59 Å². The molecule has 1 aromatic rings. The smallest absolute Gasteiger partial charge is 0.347 e. The van der Waals surface area contributed by atoms with Gasteiger partial charge in [-0.15, -0.1) is 11.3 Å². The molecule has 5 nitrogen and oxygen atoms in total. The number of aromatic nitrogens is 1. The third kappa shape index (κ3) is 4.30. The zero-order valence-electron chi connectivity index (χ0n) is 10.5. The number of aromatic carboxylic acids is 1. The van der Waals surface area contributed by atoms with Gasteiger partial charge in [0.2, 0.25) is 5.91 Å². The Kier molecular flexibility index (Phi) is 5.61. The molecule has 7 heteroatoms. The Morgan fingerprint density at radius 3 is 2.72 bits per heavy atom. The second-order valence-electron chi connectivity index (χ2n) is 3.86. The predicted molar refractivity (Wildman–Crippen MR) is 72.4 cm³/mol. The molecule has 0 saturated heterocycles. The van der Waals surface area contributed by atoms with Crippen molar-refractivity contribution in [3.8, 4) is 0 Å². The maximum Gasteiger partial charge on any atom is 0.347 e. The average molecular weight is 288 g/mol. The summed E-state index contributed by atoms with van der Waals surface area (Å²) in [5.41, 5.74) is 0.498. The molecule has 0 aliphatic rings. The highest BCUT2D eigenvalue weighted by molar-refractivity contribution is 8.01. The van der Waals surface area contributed by atoms with Gasteiger partial charge in [0.1, 0.15) is 4.88 Å². The lowest BCUT2D eigenvalue weighted by Gasteiger charge is -2.10. The molecule has 0 saturated carbocycles. The van der Waals surface area contributed by atoms with Gasteiger partial charge in [-0.1, -0.05) is 18.7 Å². The number of nitrogens with zero attached hydrogens (tertiary/aromatic N) is 1. The topological polar surface area (TPSA) is 79.3 Å². The number of thioether (sulfide) groups is 1. The van der Waals surface area contributed by atoms with Crippen molar-refractivity contribution in [2.45, 2.75) is 37.6 Å². The Labute approximate surface area is 114 Å². The fraction of sp³-hybridized carbons (Fsp3) is 0.545. The number of hydrogen-bond acceptors (Lipinski definition) is 5. The predicted octanol–water partition coefficient (Wildman–Crippen LogP) is 2.16. The molecule has 0 radical (unpaired) electrons. The molecule has 0 bridgehead atoms. The first-order chi connectivity index (χ1) is 8.43. The van der Waals surface area contributed by atoms with E-state index in [1.54, 1.807) is 6.92 Å². The molecule has 2 N–H and O–H groups in total. The van der Waals surface area contributed by atoms with E-state index < -0.39 is 5.97 Å². The normalized spacial score (nSPS) is 12.2. The summed E-state index contributed by atoms with van der Waals surface area (Å²) in [5.74, 6) is -0.768. The van der Waals surface area contributed by atoms with Gasteiger partial charge >= 0.3 is 5.97 Å². The molecule has 1 rings (SSSR count). The molecule has 18 heavy (non-hydrogen) atoms. The number of rotatable bonds is 6. The minimum atomic E-state index is -0.971. The highest BCUT2D eigenvalue weighted by Gasteiger charge is 2.15. The second-order valence-corrected chi connectivity index (χ2v) is 6.09. The summed E-state index contributed by atoms with van der Waals surface area (Å²) >= 11 is 2.37. The summed E-state index contributed by atoms with van der Waals surface area (Å²) < 4.78 is 0.615. The number of carbonyl (C=O) groups is 2. The largest absolute Gasteiger partial charge is 0.477 e.